The molecule has 32 heavy (non-hydrogen) atoms. The average Bonchev–Trinajstić information content (AvgIpc) is 3.51. The van der Waals surface area contributed by atoms with Gasteiger partial charge < -0.3 is 19.8 Å². The molecule has 0 aliphatic rings. The number of benzene rings is 1. The van der Waals surface area contributed by atoms with Crippen LogP contribution in [0, 0.1) is 0 Å². The maximum atomic E-state index is 12.6. The van der Waals surface area contributed by atoms with Crippen molar-refractivity contribution in [1.82, 2.24) is 9.97 Å². The number of rotatable bonds is 9. The van der Waals surface area contributed by atoms with Crippen LogP contribution in [-0.2, 0) is 9.53 Å². The number of amides is 1. The number of carbonyl (C=O) groups excluding carboxylic acids is 2. The van der Waals surface area contributed by atoms with Crippen LogP contribution in [0.25, 0.3) is 21.5 Å². The van der Waals surface area contributed by atoms with E-state index in [1.165, 1.54) is 34.4 Å². The van der Waals surface area contributed by atoms with E-state index in [1.54, 1.807) is 6.92 Å². The Bertz CT molecular complexity index is 1230. The highest BCUT2D eigenvalue weighted by atomic mass is 32.2. The number of carbonyl (C=O) groups is 2. The number of esters is 1. The van der Waals surface area contributed by atoms with Gasteiger partial charge in [-0.3, -0.25) is 4.79 Å². The van der Waals surface area contributed by atoms with Gasteiger partial charge in [-0.1, -0.05) is 17.8 Å². The molecule has 4 rings (SSSR count). The number of imidazole rings is 1. The fraction of sp³-hybridized carbons (Fsp3) is 0.227. The zero-order valence-corrected chi connectivity index (χ0v) is 19.9. The number of nitrogens with zero attached hydrogens (tertiary/aromatic N) is 1. The Kier molecular flexibility index (Phi) is 7.13. The summed E-state index contributed by atoms with van der Waals surface area (Å²) in [4.78, 5) is 33.9. The summed E-state index contributed by atoms with van der Waals surface area (Å²) < 4.78 is 10.7. The summed E-state index contributed by atoms with van der Waals surface area (Å²) in [5.41, 5.74) is 2.82. The topological polar surface area (TPSA) is 93.3 Å². The maximum absolute atomic E-state index is 12.6. The molecule has 0 aliphatic heterocycles. The van der Waals surface area contributed by atoms with Gasteiger partial charge >= 0.3 is 5.97 Å². The number of aromatic amines is 1. The van der Waals surface area contributed by atoms with Crippen LogP contribution in [0.15, 0.2) is 46.2 Å². The van der Waals surface area contributed by atoms with Crippen molar-refractivity contribution < 1.29 is 19.1 Å². The minimum absolute atomic E-state index is 0.145. The minimum Gasteiger partial charge on any atom is -0.494 e. The number of ether oxygens (including phenoxy) is 2. The molecule has 0 radical (unpaired) electrons. The Labute approximate surface area is 197 Å². The van der Waals surface area contributed by atoms with E-state index in [4.69, 9.17) is 9.47 Å². The Morgan fingerprint density at radius 1 is 1.19 bits per heavy atom. The zero-order valence-electron chi connectivity index (χ0n) is 17.5. The van der Waals surface area contributed by atoms with Gasteiger partial charge in [-0.05, 0) is 37.4 Å². The van der Waals surface area contributed by atoms with Gasteiger partial charge in [0.1, 0.15) is 16.3 Å². The van der Waals surface area contributed by atoms with Crippen LogP contribution in [0.1, 0.15) is 24.2 Å². The molecule has 0 bridgehead atoms. The molecule has 0 atom stereocenters. The first-order chi connectivity index (χ1) is 15.6. The number of nitrogens with one attached hydrogen (secondary N) is 2. The predicted molar refractivity (Wildman–Crippen MR) is 130 cm³/mol. The van der Waals surface area contributed by atoms with Crippen LogP contribution in [0.2, 0.25) is 0 Å². The number of hydrogen-bond donors (Lipinski definition) is 2. The Morgan fingerprint density at radius 3 is 2.81 bits per heavy atom. The van der Waals surface area contributed by atoms with Crippen LogP contribution in [-0.4, -0.2) is 40.8 Å². The lowest BCUT2D eigenvalue weighted by Gasteiger charge is -2.07. The van der Waals surface area contributed by atoms with Gasteiger partial charge in [0.15, 0.2) is 5.16 Å². The number of thioether (sulfide) groups is 1. The van der Waals surface area contributed by atoms with E-state index in [0.29, 0.717) is 22.3 Å². The monoisotopic (exact) mass is 487 g/mol. The predicted octanol–water partition coefficient (Wildman–Crippen LogP) is 5.66. The second kappa shape index (κ2) is 10.2. The van der Waals surface area contributed by atoms with E-state index in [-0.39, 0.29) is 18.3 Å². The summed E-state index contributed by atoms with van der Waals surface area (Å²) in [5.74, 6) is 0.244. The van der Waals surface area contributed by atoms with Gasteiger partial charge in [-0.25, -0.2) is 9.78 Å². The van der Waals surface area contributed by atoms with Gasteiger partial charge in [0.25, 0.3) is 0 Å². The molecule has 3 aromatic heterocycles. The molecule has 0 spiro atoms. The third kappa shape index (κ3) is 4.98. The highest BCUT2D eigenvalue weighted by Gasteiger charge is 2.23. The number of aromatic nitrogens is 2. The Balaban J connectivity index is 1.46. The SMILES string of the molecule is CCOC(=O)c1c(-c2cccs2)csc1NC(=O)CSc1nc2ccc(OCC)cc2[nH]1. The molecule has 1 amide bonds. The van der Waals surface area contributed by atoms with E-state index >= 15 is 0 Å². The van der Waals surface area contributed by atoms with Crippen LogP contribution >= 0.6 is 34.4 Å². The number of thiophene rings is 2. The summed E-state index contributed by atoms with van der Waals surface area (Å²) in [5, 5.41) is 7.81. The molecule has 0 fully saturated rings. The van der Waals surface area contributed by atoms with E-state index in [0.717, 1.165) is 27.2 Å². The number of fused-ring (bicyclic) bond motifs is 1. The van der Waals surface area contributed by atoms with Crippen LogP contribution in [0.4, 0.5) is 5.00 Å². The number of anilines is 1. The van der Waals surface area contributed by atoms with Crippen LogP contribution in [0.3, 0.4) is 0 Å². The molecular formula is C22H21N3O4S3. The molecule has 4 aromatic rings. The van der Waals surface area contributed by atoms with E-state index < -0.39 is 5.97 Å². The fourth-order valence-corrected chi connectivity index (χ4v) is 5.53. The van der Waals surface area contributed by atoms with Crippen molar-refractivity contribution in [2.24, 2.45) is 0 Å². The maximum Gasteiger partial charge on any atom is 0.341 e. The van der Waals surface area contributed by atoms with Crippen molar-refractivity contribution in [3.8, 4) is 16.2 Å². The van der Waals surface area contributed by atoms with Crippen molar-refractivity contribution in [2.75, 3.05) is 24.3 Å². The second-order valence-electron chi connectivity index (χ2n) is 6.54. The van der Waals surface area contributed by atoms with Crippen molar-refractivity contribution >= 4 is 62.3 Å². The standard InChI is InChI=1S/C22H21N3O4S3/c1-3-28-13-7-8-15-16(10-13)24-22(23-15)32-12-18(26)25-20-19(21(27)29-4-2)14(11-31-20)17-6-5-9-30-17/h5-11H,3-4,12H2,1-2H3,(H,23,24)(H,25,26). The summed E-state index contributed by atoms with van der Waals surface area (Å²) >= 11 is 4.14. The molecule has 1 aromatic carbocycles. The molecule has 0 saturated carbocycles. The molecule has 2 N–H and O–H groups in total. The second-order valence-corrected chi connectivity index (χ2v) is 9.33. The first kappa shape index (κ1) is 22.4. The van der Waals surface area contributed by atoms with Crippen molar-refractivity contribution in [3.05, 3.63) is 46.7 Å². The first-order valence-electron chi connectivity index (χ1n) is 9.96. The largest absolute Gasteiger partial charge is 0.494 e. The highest BCUT2D eigenvalue weighted by Crippen LogP contribution is 2.38. The molecule has 3 heterocycles. The van der Waals surface area contributed by atoms with Gasteiger partial charge in [0.2, 0.25) is 5.91 Å². The Hall–Kier alpha value is -2.82. The van der Waals surface area contributed by atoms with Crippen molar-refractivity contribution in [3.63, 3.8) is 0 Å². The van der Waals surface area contributed by atoms with Crippen LogP contribution in [0.5, 0.6) is 5.75 Å². The number of hydrogen-bond acceptors (Lipinski definition) is 8. The molecule has 10 heteroatoms. The first-order valence-corrected chi connectivity index (χ1v) is 12.7. The van der Waals surface area contributed by atoms with Gasteiger partial charge in [-0.2, -0.15) is 0 Å². The quantitative estimate of drug-likeness (QED) is 0.234. The summed E-state index contributed by atoms with van der Waals surface area (Å²) in [7, 11) is 0. The smallest absolute Gasteiger partial charge is 0.341 e. The Morgan fingerprint density at radius 2 is 2.06 bits per heavy atom. The summed E-state index contributed by atoms with van der Waals surface area (Å²) in [6, 6.07) is 9.50. The van der Waals surface area contributed by atoms with Crippen molar-refractivity contribution in [1.29, 1.82) is 0 Å². The lowest BCUT2D eigenvalue weighted by atomic mass is 10.1. The number of H-pyrrole nitrogens is 1. The molecule has 166 valence electrons. The lowest BCUT2D eigenvalue weighted by molar-refractivity contribution is -0.113. The third-order valence-electron chi connectivity index (χ3n) is 4.39. The van der Waals surface area contributed by atoms with Gasteiger partial charge in [0.05, 0.1) is 30.0 Å². The van der Waals surface area contributed by atoms with E-state index in [1.807, 2.05) is 48.0 Å². The molecule has 0 saturated heterocycles. The van der Waals surface area contributed by atoms with E-state index in [9.17, 15) is 9.59 Å². The van der Waals surface area contributed by atoms with Crippen molar-refractivity contribution in [2.45, 2.75) is 19.0 Å². The summed E-state index contributed by atoms with van der Waals surface area (Å²) in [6.45, 7) is 4.54. The van der Waals surface area contributed by atoms with Gasteiger partial charge in [0, 0.05) is 21.9 Å². The summed E-state index contributed by atoms with van der Waals surface area (Å²) in [6.07, 6.45) is 0. The minimum atomic E-state index is -0.442. The van der Waals surface area contributed by atoms with Crippen LogP contribution < -0.4 is 10.1 Å². The molecule has 0 unspecified atom stereocenters. The van der Waals surface area contributed by atoms with Gasteiger partial charge in [-0.15, -0.1) is 22.7 Å². The average molecular weight is 488 g/mol. The third-order valence-corrected chi connectivity index (χ3v) is 7.06. The molecular weight excluding hydrogens is 466 g/mol. The zero-order chi connectivity index (χ0) is 22.5. The van der Waals surface area contributed by atoms with E-state index in [2.05, 4.69) is 15.3 Å². The lowest BCUT2D eigenvalue weighted by Crippen LogP contribution is -2.16. The molecule has 0 aliphatic carbocycles. The fourth-order valence-electron chi connectivity index (χ4n) is 3.06. The molecule has 7 nitrogen and oxygen atoms in total. The highest BCUT2D eigenvalue weighted by molar-refractivity contribution is 7.99. The normalized spacial score (nSPS) is 10.9.